The summed E-state index contributed by atoms with van der Waals surface area (Å²) < 4.78 is 10.3. The van der Waals surface area contributed by atoms with Crippen LogP contribution in [0.4, 0.5) is 0 Å². The fraction of sp³-hybridized carbons (Fsp3) is 0.650. The maximum Gasteiger partial charge on any atom is 0.190 e. The number of aliphatic imine (C=N–C) groups is 1. The summed E-state index contributed by atoms with van der Waals surface area (Å²) in [4.78, 5) is 6.57. The molecule has 1 aromatic rings. The van der Waals surface area contributed by atoms with Gasteiger partial charge in [0, 0.05) is 33.8 Å². The molecule has 7 heteroatoms. The van der Waals surface area contributed by atoms with Crippen LogP contribution >= 0.6 is 24.0 Å². The number of rotatable bonds is 12. The predicted molar refractivity (Wildman–Crippen MR) is 125 cm³/mol. The van der Waals surface area contributed by atoms with Gasteiger partial charge in [-0.2, -0.15) is 0 Å². The maximum atomic E-state index is 5.21. The second kappa shape index (κ2) is 15.9. The van der Waals surface area contributed by atoms with Crippen LogP contribution in [0.15, 0.2) is 29.3 Å². The van der Waals surface area contributed by atoms with Crippen LogP contribution in [0.5, 0.6) is 5.75 Å². The third kappa shape index (κ3) is 11.4. The Hall–Kier alpha value is -1.06. The minimum absolute atomic E-state index is 0. The molecule has 0 aliphatic rings. The van der Waals surface area contributed by atoms with E-state index in [1.165, 1.54) is 5.56 Å². The zero-order valence-electron chi connectivity index (χ0n) is 17.5. The Morgan fingerprint density at radius 2 is 1.78 bits per heavy atom. The van der Waals surface area contributed by atoms with Crippen LogP contribution in [0.1, 0.15) is 31.2 Å². The van der Waals surface area contributed by atoms with Gasteiger partial charge in [0.05, 0.1) is 13.7 Å². The van der Waals surface area contributed by atoms with E-state index in [1.807, 2.05) is 19.2 Å². The third-order valence-corrected chi connectivity index (χ3v) is 4.46. The van der Waals surface area contributed by atoms with Crippen molar-refractivity contribution in [2.75, 3.05) is 61.1 Å². The van der Waals surface area contributed by atoms with Crippen LogP contribution in [0, 0.1) is 0 Å². The number of hydrogen-bond donors (Lipinski definition) is 2. The Labute approximate surface area is 182 Å². The molecule has 0 bridgehead atoms. The van der Waals surface area contributed by atoms with E-state index in [-0.39, 0.29) is 24.0 Å². The van der Waals surface area contributed by atoms with Gasteiger partial charge in [-0.15, -0.1) is 24.0 Å². The van der Waals surface area contributed by atoms with Crippen molar-refractivity contribution in [2.24, 2.45) is 4.99 Å². The Balaban J connectivity index is 0.00000676. The number of methoxy groups -OCH3 is 2. The molecule has 1 rings (SSSR count). The van der Waals surface area contributed by atoms with Crippen molar-refractivity contribution in [3.05, 3.63) is 29.8 Å². The number of nitrogens with zero attached hydrogens (tertiary/aromatic N) is 2. The molecule has 27 heavy (non-hydrogen) atoms. The minimum Gasteiger partial charge on any atom is -0.497 e. The first-order chi connectivity index (χ1) is 12.6. The molecule has 0 saturated carbocycles. The lowest BCUT2D eigenvalue weighted by molar-refractivity contribution is 0.161. The van der Waals surface area contributed by atoms with Crippen LogP contribution in [0.25, 0.3) is 0 Å². The predicted octanol–water partition coefficient (Wildman–Crippen LogP) is 2.94. The molecule has 1 aromatic carbocycles. The minimum atomic E-state index is 0. The van der Waals surface area contributed by atoms with Gasteiger partial charge in [-0.1, -0.05) is 19.1 Å². The number of guanidine groups is 1. The second-order valence-corrected chi connectivity index (χ2v) is 6.54. The van der Waals surface area contributed by atoms with Crippen molar-refractivity contribution < 1.29 is 9.47 Å². The molecule has 0 radical (unpaired) electrons. The number of benzene rings is 1. The van der Waals surface area contributed by atoms with Gasteiger partial charge in [-0.05, 0) is 50.0 Å². The largest absolute Gasteiger partial charge is 0.497 e. The van der Waals surface area contributed by atoms with Gasteiger partial charge in [-0.3, -0.25) is 4.99 Å². The first kappa shape index (κ1) is 25.9. The zero-order valence-corrected chi connectivity index (χ0v) is 19.8. The van der Waals surface area contributed by atoms with E-state index < -0.39 is 0 Å². The Kier molecular flexibility index (Phi) is 15.3. The molecule has 0 aliphatic carbocycles. The summed E-state index contributed by atoms with van der Waals surface area (Å²) in [6.07, 6.45) is 2.12. The molecule has 0 aliphatic heterocycles. The standard InChI is InChI=1S/C20H36N4O2.HI/c1-17(18-7-9-19(26-5)10-8-18)11-13-23-20(21-2)22-12-6-14-24(3)15-16-25-4;/h7-10,17H,6,11-16H2,1-5H3,(H2,21,22,23);1H. The molecule has 0 amide bonds. The Bertz CT molecular complexity index is 511. The molecule has 0 fully saturated rings. The molecule has 2 N–H and O–H groups in total. The SMILES string of the molecule is CN=C(NCCCN(C)CCOC)NCCC(C)c1ccc(OC)cc1.I. The fourth-order valence-corrected chi connectivity index (χ4v) is 2.64. The summed E-state index contributed by atoms with van der Waals surface area (Å²) in [6.45, 7) is 6.83. The van der Waals surface area contributed by atoms with Crippen molar-refractivity contribution >= 4 is 29.9 Å². The van der Waals surface area contributed by atoms with Crippen LogP contribution < -0.4 is 15.4 Å². The number of nitrogens with one attached hydrogen (secondary N) is 2. The van der Waals surface area contributed by atoms with Crippen LogP contribution in [0.2, 0.25) is 0 Å². The van der Waals surface area contributed by atoms with Gasteiger partial charge in [0.1, 0.15) is 5.75 Å². The average Bonchev–Trinajstić information content (AvgIpc) is 2.68. The van der Waals surface area contributed by atoms with E-state index in [0.29, 0.717) is 5.92 Å². The van der Waals surface area contributed by atoms with E-state index >= 15 is 0 Å². The zero-order chi connectivity index (χ0) is 19.2. The highest BCUT2D eigenvalue weighted by atomic mass is 127. The van der Waals surface area contributed by atoms with E-state index in [0.717, 1.165) is 57.3 Å². The van der Waals surface area contributed by atoms with Gasteiger partial charge < -0.3 is 25.0 Å². The fourth-order valence-electron chi connectivity index (χ4n) is 2.64. The molecule has 6 nitrogen and oxygen atoms in total. The number of likely N-dealkylation sites (N-methyl/N-ethyl adjacent to an activating group) is 1. The van der Waals surface area contributed by atoms with E-state index in [2.05, 4.69) is 46.6 Å². The normalized spacial score (nSPS) is 12.4. The van der Waals surface area contributed by atoms with E-state index in [4.69, 9.17) is 9.47 Å². The first-order valence-corrected chi connectivity index (χ1v) is 9.36. The highest BCUT2D eigenvalue weighted by Gasteiger charge is 2.06. The number of halogens is 1. The summed E-state index contributed by atoms with van der Waals surface area (Å²) in [7, 11) is 7.36. The highest BCUT2D eigenvalue weighted by Crippen LogP contribution is 2.21. The second-order valence-electron chi connectivity index (χ2n) is 6.54. The third-order valence-electron chi connectivity index (χ3n) is 4.46. The van der Waals surface area contributed by atoms with Gasteiger partial charge in [-0.25, -0.2) is 0 Å². The quantitative estimate of drug-likeness (QED) is 0.204. The van der Waals surface area contributed by atoms with Gasteiger partial charge >= 0.3 is 0 Å². The van der Waals surface area contributed by atoms with Gasteiger partial charge in [0.2, 0.25) is 0 Å². The van der Waals surface area contributed by atoms with Gasteiger partial charge in [0.25, 0.3) is 0 Å². The number of ether oxygens (including phenoxy) is 2. The van der Waals surface area contributed by atoms with E-state index in [9.17, 15) is 0 Å². The summed E-state index contributed by atoms with van der Waals surface area (Å²) in [5, 5.41) is 6.77. The Morgan fingerprint density at radius 1 is 1.11 bits per heavy atom. The molecule has 0 aromatic heterocycles. The smallest absolute Gasteiger partial charge is 0.190 e. The van der Waals surface area contributed by atoms with Crippen molar-refractivity contribution in [3.63, 3.8) is 0 Å². The van der Waals surface area contributed by atoms with Gasteiger partial charge in [0.15, 0.2) is 5.96 Å². The molecule has 156 valence electrons. The van der Waals surface area contributed by atoms with Crippen molar-refractivity contribution in [2.45, 2.75) is 25.7 Å². The molecular weight excluding hydrogens is 455 g/mol. The molecule has 0 saturated heterocycles. The summed E-state index contributed by atoms with van der Waals surface area (Å²) in [6, 6.07) is 8.31. The Morgan fingerprint density at radius 3 is 2.37 bits per heavy atom. The number of hydrogen-bond acceptors (Lipinski definition) is 4. The van der Waals surface area contributed by atoms with Crippen molar-refractivity contribution in [3.8, 4) is 5.75 Å². The molecule has 1 unspecified atom stereocenters. The van der Waals surface area contributed by atoms with E-state index in [1.54, 1.807) is 14.2 Å². The first-order valence-electron chi connectivity index (χ1n) is 9.36. The lowest BCUT2D eigenvalue weighted by atomic mass is 9.98. The lowest BCUT2D eigenvalue weighted by Gasteiger charge is -2.17. The summed E-state index contributed by atoms with van der Waals surface area (Å²) >= 11 is 0. The lowest BCUT2D eigenvalue weighted by Crippen LogP contribution is -2.39. The maximum absolute atomic E-state index is 5.21. The van der Waals surface area contributed by atoms with Crippen LogP contribution in [-0.4, -0.2) is 72.0 Å². The molecular formula is C20H37IN4O2. The summed E-state index contributed by atoms with van der Waals surface area (Å²) in [5.41, 5.74) is 1.33. The molecule has 0 heterocycles. The molecule has 1 atom stereocenters. The van der Waals surface area contributed by atoms with Crippen molar-refractivity contribution in [1.82, 2.24) is 15.5 Å². The van der Waals surface area contributed by atoms with Crippen molar-refractivity contribution in [1.29, 1.82) is 0 Å². The van der Waals surface area contributed by atoms with Crippen LogP contribution in [-0.2, 0) is 4.74 Å². The van der Waals surface area contributed by atoms with Crippen LogP contribution in [0.3, 0.4) is 0 Å². The summed E-state index contributed by atoms with van der Waals surface area (Å²) in [5.74, 6) is 2.25. The monoisotopic (exact) mass is 492 g/mol. The average molecular weight is 492 g/mol. The highest BCUT2D eigenvalue weighted by molar-refractivity contribution is 14.0. The topological polar surface area (TPSA) is 58.1 Å². The molecule has 0 spiro atoms.